The van der Waals surface area contributed by atoms with Gasteiger partial charge in [-0.25, -0.2) is 14.6 Å². The van der Waals surface area contributed by atoms with Crippen LogP contribution in [-0.2, 0) is 16.1 Å². The van der Waals surface area contributed by atoms with Gasteiger partial charge >= 0.3 is 12.0 Å². The van der Waals surface area contributed by atoms with Crippen molar-refractivity contribution in [1.82, 2.24) is 20.8 Å². The first-order valence-corrected chi connectivity index (χ1v) is 10.5. The number of pyridine rings is 1. The van der Waals surface area contributed by atoms with Crippen LogP contribution in [0.2, 0.25) is 0 Å². The molecule has 0 aliphatic carbocycles. The Kier molecular flexibility index (Phi) is 6.22. The van der Waals surface area contributed by atoms with Gasteiger partial charge in [0.15, 0.2) is 6.61 Å². The summed E-state index contributed by atoms with van der Waals surface area (Å²) in [5.41, 5.74) is 2.26. The van der Waals surface area contributed by atoms with Crippen LogP contribution in [0.3, 0.4) is 0 Å². The maximum absolute atomic E-state index is 12.7. The molecule has 0 aliphatic rings. The van der Waals surface area contributed by atoms with Gasteiger partial charge in [-0.05, 0) is 30.0 Å². The molecule has 3 heterocycles. The van der Waals surface area contributed by atoms with Crippen LogP contribution in [0.15, 0.2) is 58.4 Å². The number of fused-ring (bicyclic) bond motifs is 1. The predicted molar refractivity (Wildman–Crippen MR) is 117 cm³/mol. The summed E-state index contributed by atoms with van der Waals surface area (Å²) in [5, 5.41) is 10.9. The number of imide groups is 1. The quantitative estimate of drug-likeness (QED) is 0.431. The van der Waals surface area contributed by atoms with E-state index in [4.69, 9.17) is 9.26 Å². The van der Waals surface area contributed by atoms with Gasteiger partial charge in [0.1, 0.15) is 0 Å². The van der Waals surface area contributed by atoms with E-state index in [1.165, 1.54) is 11.3 Å². The second-order valence-electron chi connectivity index (χ2n) is 6.77. The normalized spacial score (nSPS) is 10.7. The third-order valence-corrected chi connectivity index (χ3v) is 5.39. The van der Waals surface area contributed by atoms with Crippen molar-refractivity contribution in [1.29, 1.82) is 0 Å². The summed E-state index contributed by atoms with van der Waals surface area (Å²) in [6, 6.07) is 13.9. The van der Waals surface area contributed by atoms with E-state index in [2.05, 4.69) is 20.8 Å². The lowest BCUT2D eigenvalue weighted by molar-refractivity contribution is -0.123. The summed E-state index contributed by atoms with van der Waals surface area (Å²) in [4.78, 5) is 41.9. The number of carbonyl (C=O) groups is 3. The number of urea groups is 1. The number of nitrogens with zero attached hydrogens (tertiary/aromatic N) is 2. The van der Waals surface area contributed by atoms with E-state index in [0.717, 1.165) is 10.4 Å². The standard InChI is InChI=1S/C22H18N4O5S/c1-13-19-15(10-16(17-8-5-9-32-17)24-20(19)31-26-13)21(28)30-12-18(27)25-22(29)23-11-14-6-3-2-4-7-14/h2-10H,11-12H2,1H3,(H2,23,25,27,29). The maximum atomic E-state index is 12.7. The summed E-state index contributed by atoms with van der Waals surface area (Å²) in [7, 11) is 0. The predicted octanol–water partition coefficient (Wildman–Crippen LogP) is 3.44. The molecule has 0 radical (unpaired) electrons. The fourth-order valence-corrected chi connectivity index (χ4v) is 3.69. The number of amides is 3. The van der Waals surface area contributed by atoms with Gasteiger partial charge in [0.05, 0.1) is 27.2 Å². The SMILES string of the molecule is Cc1noc2nc(-c3cccs3)cc(C(=O)OCC(=O)NC(=O)NCc3ccccc3)c12. The zero-order valence-electron chi connectivity index (χ0n) is 17.0. The maximum Gasteiger partial charge on any atom is 0.339 e. The van der Waals surface area contributed by atoms with E-state index < -0.39 is 24.5 Å². The fourth-order valence-electron chi connectivity index (χ4n) is 3.00. The lowest BCUT2D eigenvalue weighted by Gasteiger charge is -2.08. The molecule has 1 aromatic carbocycles. The van der Waals surface area contributed by atoms with Crippen molar-refractivity contribution in [3.05, 3.63) is 70.7 Å². The fraction of sp³-hybridized carbons (Fsp3) is 0.136. The molecular weight excluding hydrogens is 432 g/mol. The van der Waals surface area contributed by atoms with Crippen molar-refractivity contribution in [2.24, 2.45) is 0 Å². The topological polar surface area (TPSA) is 123 Å². The molecule has 162 valence electrons. The number of benzene rings is 1. The van der Waals surface area contributed by atoms with Crippen LogP contribution in [0, 0.1) is 6.92 Å². The van der Waals surface area contributed by atoms with Crippen LogP contribution in [0.5, 0.6) is 0 Å². The van der Waals surface area contributed by atoms with Crippen LogP contribution in [0.4, 0.5) is 4.79 Å². The Hall–Kier alpha value is -4.05. The number of rotatable bonds is 6. The highest BCUT2D eigenvalue weighted by Gasteiger charge is 2.21. The van der Waals surface area contributed by atoms with Crippen molar-refractivity contribution < 1.29 is 23.6 Å². The molecule has 0 bridgehead atoms. The summed E-state index contributed by atoms with van der Waals surface area (Å²) in [6.07, 6.45) is 0. The van der Waals surface area contributed by atoms with Gasteiger partial charge < -0.3 is 14.6 Å². The van der Waals surface area contributed by atoms with Crippen molar-refractivity contribution in [3.63, 3.8) is 0 Å². The third-order valence-electron chi connectivity index (χ3n) is 4.49. The van der Waals surface area contributed by atoms with Crippen LogP contribution in [-0.4, -0.2) is 34.7 Å². The van der Waals surface area contributed by atoms with Crippen LogP contribution >= 0.6 is 11.3 Å². The number of hydrogen-bond acceptors (Lipinski definition) is 8. The second-order valence-corrected chi connectivity index (χ2v) is 7.72. The van der Waals surface area contributed by atoms with Gasteiger partial charge in [0.2, 0.25) is 0 Å². The van der Waals surface area contributed by atoms with Gasteiger partial charge in [0.25, 0.3) is 11.6 Å². The molecule has 0 aliphatic heterocycles. The highest BCUT2D eigenvalue weighted by molar-refractivity contribution is 7.13. The molecule has 0 fully saturated rings. The zero-order chi connectivity index (χ0) is 22.5. The average Bonchev–Trinajstić information content (AvgIpc) is 3.47. The number of aromatic nitrogens is 2. The van der Waals surface area contributed by atoms with Crippen LogP contribution in [0.25, 0.3) is 21.7 Å². The summed E-state index contributed by atoms with van der Waals surface area (Å²) >= 11 is 1.45. The van der Waals surface area contributed by atoms with Gasteiger partial charge in [-0.1, -0.05) is 41.6 Å². The number of aryl methyl sites for hydroxylation is 1. The van der Waals surface area contributed by atoms with Crippen LogP contribution in [0.1, 0.15) is 21.6 Å². The molecule has 0 unspecified atom stereocenters. The lowest BCUT2D eigenvalue weighted by atomic mass is 10.1. The number of esters is 1. The van der Waals surface area contributed by atoms with Gasteiger partial charge in [0, 0.05) is 6.54 Å². The zero-order valence-corrected chi connectivity index (χ0v) is 17.8. The smallest absolute Gasteiger partial charge is 0.339 e. The summed E-state index contributed by atoms with van der Waals surface area (Å²) < 4.78 is 10.4. The Labute approximate surface area is 186 Å². The molecule has 3 aromatic heterocycles. The average molecular weight is 450 g/mol. The molecule has 4 aromatic rings. The summed E-state index contributed by atoms with van der Waals surface area (Å²) in [6.45, 7) is 1.31. The number of nitrogens with one attached hydrogen (secondary N) is 2. The molecule has 4 rings (SSSR count). The van der Waals surface area contributed by atoms with Gasteiger partial charge in [-0.15, -0.1) is 11.3 Å². The molecule has 3 amide bonds. The first-order valence-electron chi connectivity index (χ1n) is 9.61. The minimum absolute atomic E-state index is 0.179. The molecule has 9 nitrogen and oxygen atoms in total. The van der Waals surface area contributed by atoms with E-state index in [1.807, 2.05) is 47.8 Å². The minimum Gasteiger partial charge on any atom is -0.452 e. The Morgan fingerprint density at radius 3 is 2.69 bits per heavy atom. The van der Waals surface area contributed by atoms with Crippen LogP contribution < -0.4 is 10.6 Å². The Bertz CT molecular complexity index is 1270. The van der Waals surface area contributed by atoms with Crippen molar-refractivity contribution in [2.45, 2.75) is 13.5 Å². The number of hydrogen-bond donors (Lipinski definition) is 2. The lowest BCUT2D eigenvalue weighted by Crippen LogP contribution is -2.41. The van der Waals surface area contributed by atoms with E-state index in [-0.39, 0.29) is 17.8 Å². The van der Waals surface area contributed by atoms with E-state index in [1.54, 1.807) is 13.0 Å². The summed E-state index contributed by atoms with van der Waals surface area (Å²) in [5.74, 6) is -1.50. The molecule has 0 spiro atoms. The Morgan fingerprint density at radius 2 is 1.94 bits per heavy atom. The molecular formula is C22H18N4O5S. The second kappa shape index (κ2) is 9.40. The van der Waals surface area contributed by atoms with E-state index in [0.29, 0.717) is 16.8 Å². The van der Waals surface area contributed by atoms with E-state index in [9.17, 15) is 14.4 Å². The highest BCUT2D eigenvalue weighted by atomic mass is 32.1. The highest BCUT2D eigenvalue weighted by Crippen LogP contribution is 2.29. The molecule has 32 heavy (non-hydrogen) atoms. The monoisotopic (exact) mass is 450 g/mol. The van der Waals surface area contributed by atoms with Gasteiger partial charge in [-0.2, -0.15) is 0 Å². The number of carbonyl (C=O) groups excluding carboxylic acids is 3. The molecule has 10 heteroatoms. The van der Waals surface area contributed by atoms with Crippen molar-refractivity contribution in [2.75, 3.05) is 6.61 Å². The van der Waals surface area contributed by atoms with Gasteiger partial charge in [-0.3, -0.25) is 10.1 Å². The number of ether oxygens (including phenoxy) is 1. The third kappa shape index (κ3) is 4.81. The van der Waals surface area contributed by atoms with Crippen molar-refractivity contribution in [3.8, 4) is 10.6 Å². The molecule has 0 saturated heterocycles. The Balaban J connectivity index is 1.40. The largest absolute Gasteiger partial charge is 0.452 e. The minimum atomic E-state index is -0.755. The molecule has 0 atom stereocenters. The van der Waals surface area contributed by atoms with E-state index >= 15 is 0 Å². The molecule has 0 saturated carbocycles. The number of thiophene rings is 1. The first kappa shape index (κ1) is 21.2. The molecule has 2 N–H and O–H groups in total. The Morgan fingerprint density at radius 1 is 1.12 bits per heavy atom. The first-order chi connectivity index (χ1) is 15.5. The van der Waals surface area contributed by atoms with Crippen molar-refractivity contribution >= 4 is 40.3 Å².